The number of fused-ring (bicyclic) bond motifs is 1. The second kappa shape index (κ2) is 2.85. The van der Waals surface area contributed by atoms with Crippen molar-refractivity contribution in [2.24, 2.45) is 0 Å². The second-order valence-electron chi connectivity index (χ2n) is 2.42. The van der Waals surface area contributed by atoms with E-state index in [1.165, 1.54) is 23.8 Å². The number of nitrogens with zero attached hydrogens (tertiary/aromatic N) is 3. The molecule has 0 bridgehead atoms. The molecule has 13 heavy (non-hydrogen) atoms. The molecule has 0 aliphatic carbocycles. The molecule has 0 aromatic carbocycles. The lowest BCUT2D eigenvalue weighted by Crippen LogP contribution is -2.13. The molecule has 2 aromatic rings. The van der Waals surface area contributed by atoms with Crippen LogP contribution in [0.2, 0.25) is 0 Å². The van der Waals surface area contributed by atoms with Crippen molar-refractivity contribution < 1.29 is 4.74 Å². The lowest BCUT2D eigenvalue weighted by atomic mass is 10.6. The van der Waals surface area contributed by atoms with Gasteiger partial charge in [-0.05, 0) is 0 Å². The summed E-state index contributed by atoms with van der Waals surface area (Å²) in [7, 11) is 1.51. The van der Waals surface area contributed by atoms with Gasteiger partial charge in [0.05, 0.1) is 7.11 Å². The Morgan fingerprint density at radius 2 is 2.31 bits per heavy atom. The quantitative estimate of drug-likeness (QED) is 0.619. The predicted molar refractivity (Wildman–Crippen MR) is 45.8 cm³/mol. The van der Waals surface area contributed by atoms with Crippen LogP contribution in [0.15, 0.2) is 29.3 Å². The van der Waals surface area contributed by atoms with E-state index >= 15 is 0 Å². The van der Waals surface area contributed by atoms with E-state index in [1.807, 2.05) is 0 Å². The third-order valence-electron chi connectivity index (χ3n) is 1.65. The van der Waals surface area contributed by atoms with Crippen LogP contribution in [-0.2, 0) is 0 Å². The van der Waals surface area contributed by atoms with Crippen LogP contribution in [0.5, 0.6) is 5.88 Å². The Balaban J connectivity index is 2.80. The maximum Gasteiger partial charge on any atom is 0.258 e. The van der Waals surface area contributed by atoms with Crippen LogP contribution in [0.3, 0.4) is 0 Å². The summed E-state index contributed by atoms with van der Waals surface area (Å²) in [6, 6.07) is 2.98. The summed E-state index contributed by atoms with van der Waals surface area (Å²) in [4.78, 5) is 19.1. The van der Waals surface area contributed by atoms with Gasteiger partial charge in [-0.1, -0.05) is 0 Å². The van der Waals surface area contributed by atoms with Gasteiger partial charge in [0.2, 0.25) is 11.7 Å². The molecule has 2 heterocycles. The standard InChI is InChI=1S/C8H7N3O2/c1-13-6-3-5-11-7(12)2-4-9-8(11)10-6/h2-5H,1H3. The molecule has 0 unspecified atom stereocenters. The number of methoxy groups -OCH3 is 1. The van der Waals surface area contributed by atoms with E-state index in [0.29, 0.717) is 11.7 Å². The predicted octanol–water partition coefficient (Wildman–Crippen LogP) is 0.0981. The minimum atomic E-state index is -0.153. The van der Waals surface area contributed by atoms with Crippen molar-refractivity contribution in [3.8, 4) is 5.88 Å². The Morgan fingerprint density at radius 1 is 1.46 bits per heavy atom. The topological polar surface area (TPSA) is 56.5 Å². The molecule has 0 aliphatic heterocycles. The van der Waals surface area contributed by atoms with Gasteiger partial charge in [-0.25, -0.2) is 4.98 Å². The number of hydrogen-bond acceptors (Lipinski definition) is 4. The molecule has 0 atom stereocenters. The first-order valence-corrected chi connectivity index (χ1v) is 3.69. The SMILES string of the molecule is COc1ccn2c(=O)ccnc2n1. The second-order valence-corrected chi connectivity index (χ2v) is 2.42. The Labute approximate surface area is 73.6 Å². The molecule has 0 saturated carbocycles. The minimum absolute atomic E-state index is 0.153. The van der Waals surface area contributed by atoms with Crippen LogP contribution in [0.4, 0.5) is 0 Å². The van der Waals surface area contributed by atoms with Gasteiger partial charge in [0.15, 0.2) is 0 Å². The van der Waals surface area contributed by atoms with Gasteiger partial charge in [-0.3, -0.25) is 9.20 Å². The highest BCUT2D eigenvalue weighted by atomic mass is 16.5. The molecule has 5 nitrogen and oxygen atoms in total. The molecule has 0 aliphatic rings. The van der Waals surface area contributed by atoms with Crippen LogP contribution >= 0.6 is 0 Å². The lowest BCUT2D eigenvalue weighted by Gasteiger charge is -2.00. The summed E-state index contributed by atoms with van der Waals surface area (Å²) in [5.74, 6) is 0.782. The van der Waals surface area contributed by atoms with E-state index < -0.39 is 0 Å². The normalized spacial score (nSPS) is 10.2. The molecule has 66 valence electrons. The zero-order valence-electron chi connectivity index (χ0n) is 6.97. The Hall–Kier alpha value is -1.91. The van der Waals surface area contributed by atoms with Crippen LogP contribution in [0, 0.1) is 0 Å². The first kappa shape index (κ1) is 7.72. The van der Waals surface area contributed by atoms with Crippen LogP contribution < -0.4 is 10.3 Å². The van der Waals surface area contributed by atoms with Gasteiger partial charge in [0, 0.05) is 24.5 Å². The molecule has 0 spiro atoms. The van der Waals surface area contributed by atoms with Crippen molar-refractivity contribution in [2.45, 2.75) is 0 Å². The van der Waals surface area contributed by atoms with Gasteiger partial charge in [0.1, 0.15) is 0 Å². The average Bonchev–Trinajstić information content (AvgIpc) is 2.18. The van der Waals surface area contributed by atoms with E-state index in [-0.39, 0.29) is 5.56 Å². The maximum absolute atomic E-state index is 11.2. The first-order valence-electron chi connectivity index (χ1n) is 3.69. The van der Waals surface area contributed by atoms with Crippen molar-refractivity contribution >= 4 is 5.78 Å². The molecule has 0 radical (unpaired) electrons. The van der Waals surface area contributed by atoms with E-state index in [0.717, 1.165) is 0 Å². The van der Waals surface area contributed by atoms with Gasteiger partial charge >= 0.3 is 0 Å². The zero-order chi connectivity index (χ0) is 9.26. The fourth-order valence-electron chi connectivity index (χ4n) is 1.02. The summed E-state index contributed by atoms with van der Waals surface area (Å²) in [5.41, 5.74) is -0.153. The summed E-state index contributed by atoms with van der Waals surface area (Å²) >= 11 is 0. The third-order valence-corrected chi connectivity index (χ3v) is 1.65. The monoisotopic (exact) mass is 177 g/mol. The fourth-order valence-corrected chi connectivity index (χ4v) is 1.02. The van der Waals surface area contributed by atoms with Gasteiger partial charge in [0.25, 0.3) is 5.56 Å². The molecule has 5 heteroatoms. The van der Waals surface area contributed by atoms with Crippen molar-refractivity contribution in [1.82, 2.24) is 14.4 Å². The number of aromatic nitrogens is 3. The molecule has 0 N–H and O–H groups in total. The number of hydrogen-bond donors (Lipinski definition) is 0. The zero-order valence-corrected chi connectivity index (χ0v) is 6.97. The Morgan fingerprint density at radius 3 is 3.08 bits per heavy atom. The molecular weight excluding hydrogens is 170 g/mol. The summed E-state index contributed by atoms with van der Waals surface area (Å²) in [6.07, 6.45) is 3.00. The third kappa shape index (κ3) is 1.24. The van der Waals surface area contributed by atoms with Gasteiger partial charge in [-0.2, -0.15) is 4.98 Å². The number of ether oxygens (including phenoxy) is 1. The minimum Gasteiger partial charge on any atom is -0.481 e. The van der Waals surface area contributed by atoms with Crippen molar-refractivity contribution in [3.63, 3.8) is 0 Å². The molecular formula is C8H7N3O2. The molecule has 0 fully saturated rings. The fraction of sp³-hybridized carbons (Fsp3) is 0.125. The summed E-state index contributed by atoms with van der Waals surface area (Å²) in [6.45, 7) is 0. The Bertz CT molecular complexity index is 492. The maximum atomic E-state index is 11.2. The van der Waals surface area contributed by atoms with Crippen molar-refractivity contribution in [2.75, 3.05) is 7.11 Å². The van der Waals surface area contributed by atoms with Crippen LogP contribution in [0.25, 0.3) is 5.78 Å². The highest BCUT2D eigenvalue weighted by Gasteiger charge is 1.98. The highest BCUT2D eigenvalue weighted by molar-refractivity contribution is 5.30. The van der Waals surface area contributed by atoms with Gasteiger partial charge < -0.3 is 4.74 Å². The van der Waals surface area contributed by atoms with Crippen LogP contribution in [-0.4, -0.2) is 21.5 Å². The van der Waals surface area contributed by atoms with E-state index in [4.69, 9.17) is 4.74 Å². The lowest BCUT2D eigenvalue weighted by molar-refractivity contribution is 0.397. The summed E-state index contributed by atoms with van der Waals surface area (Å²) < 4.78 is 6.25. The molecule has 2 rings (SSSR count). The van der Waals surface area contributed by atoms with Crippen molar-refractivity contribution in [3.05, 3.63) is 34.9 Å². The molecule has 0 amide bonds. The first-order chi connectivity index (χ1) is 6.31. The number of rotatable bonds is 1. The molecule has 0 saturated heterocycles. The Kier molecular flexibility index (Phi) is 1.70. The largest absolute Gasteiger partial charge is 0.481 e. The summed E-state index contributed by atoms with van der Waals surface area (Å²) in [5, 5.41) is 0. The highest BCUT2D eigenvalue weighted by Crippen LogP contribution is 2.03. The van der Waals surface area contributed by atoms with Crippen LogP contribution in [0.1, 0.15) is 0 Å². The molecule has 2 aromatic heterocycles. The van der Waals surface area contributed by atoms with E-state index in [9.17, 15) is 4.79 Å². The smallest absolute Gasteiger partial charge is 0.258 e. The average molecular weight is 177 g/mol. The van der Waals surface area contributed by atoms with E-state index in [2.05, 4.69) is 9.97 Å². The van der Waals surface area contributed by atoms with Gasteiger partial charge in [-0.15, -0.1) is 0 Å². The van der Waals surface area contributed by atoms with Crippen molar-refractivity contribution in [1.29, 1.82) is 0 Å². The van der Waals surface area contributed by atoms with E-state index in [1.54, 1.807) is 12.3 Å².